The van der Waals surface area contributed by atoms with Gasteiger partial charge in [0.25, 0.3) is 17.5 Å². The van der Waals surface area contributed by atoms with Crippen molar-refractivity contribution in [3.05, 3.63) is 99.1 Å². The van der Waals surface area contributed by atoms with Gasteiger partial charge in [-0.05, 0) is 60.0 Å². The molecule has 0 aliphatic carbocycles. The van der Waals surface area contributed by atoms with Crippen LogP contribution in [-0.2, 0) is 22.6 Å². The summed E-state index contributed by atoms with van der Waals surface area (Å²) in [6, 6.07) is 16.8. The van der Waals surface area contributed by atoms with Crippen LogP contribution in [0.2, 0.25) is 0 Å². The van der Waals surface area contributed by atoms with Crippen molar-refractivity contribution in [1.82, 2.24) is 5.32 Å². The summed E-state index contributed by atoms with van der Waals surface area (Å²) in [5.74, 6) is -0.807. The first kappa shape index (κ1) is 25.1. The monoisotopic (exact) mass is 501 g/mol. The number of anilines is 1. The summed E-state index contributed by atoms with van der Waals surface area (Å²) in [6.45, 7) is 2.05. The van der Waals surface area contributed by atoms with Crippen LogP contribution in [0.3, 0.4) is 0 Å². The summed E-state index contributed by atoms with van der Waals surface area (Å²) in [7, 11) is 1.49. The van der Waals surface area contributed by atoms with Gasteiger partial charge in [0.1, 0.15) is 23.7 Å². The Balaban J connectivity index is 1.64. The minimum atomic E-state index is -0.833. The first-order chi connectivity index (χ1) is 17.8. The van der Waals surface area contributed by atoms with E-state index in [9.17, 15) is 24.5 Å². The molecular formula is C27H23N3O7. The number of nitro groups is 1. The third-order valence-electron chi connectivity index (χ3n) is 5.77. The number of aryl methyl sites for hydroxylation is 1. The number of benzene rings is 3. The number of carbonyl (C=O) groups is 3. The molecule has 10 nitrogen and oxygen atoms in total. The van der Waals surface area contributed by atoms with Crippen LogP contribution in [0, 0.1) is 10.1 Å². The predicted molar refractivity (Wildman–Crippen MR) is 135 cm³/mol. The molecule has 10 heteroatoms. The van der Waals surface area contributed by atoms with Gasteiger partial charge < -0.3 is 9.47 Å². The normalized spacial score (nSPS) is 14.5. The zero-order valence-corrected chi connectivity index (χ0v) is 20.1. The van der Waals surface area contributed by atoms with E-state index >= 15 is 0 Å². The molecule has 1 N–H and O–H groups in total. The molecule has 1 aliphatic rings. The number of hydrogen-bond acceptors (Lipinski definition) is 7. The average Bonchev–Trinajstić information content (AvgIpc) is 2.90. The molecule has 3 aromatic rings. The van der Waals surface area contributed by atoms with Crippen LogP contribution in [0.15, 0.2) is 72.3 Å². The number of urea groups is 1. The Hall–Kier alpha value is -4.99. The highest BCUT2D eigenvalue weighted by Gasteiger charge is 2.37. The average molecular weight is 501 g/mol. The molecule has 0 bridgehead atoms. The van der Waals surface area contributed by atoms with E-state index in [0.29, 0.717) is 28.3 Å². The van der Waals surface area contributed by atoms with E-state index in [0.717, 1.165) is 16.9 Å². The number of imide groups is 2. The van der Waals surface area contributed by atoms with Gasteiger partial charge in [-0.1, -0.05) is 19.1 Å². The van der Waals surface area contributed by atoms with Crippen LogP contribution in [0.5, 0.6) is 11.5 Å². The fourth-order valence-corrected chi connectivity index (χ4v) is 3.69. The number of nitrogens with one attached hydrogen (secondary N) is 1. The lowest BCUT2D eigenvalue weighted by Gasteiger charge is -2.26. The smallest absolute Gasteiger partial charge is 0.335 e. The summed E-state index contributed by atoms with van der Waals surface area (Å²) in [6.07, 6.45) is 2.15. The largest absolute Gasteiger partial charge is 0.497 e. The van der Waals surface area contributed by atoms with E-state index < -0.39 is 22.8 Å². The Morgan fingerprint density at radius 3 is 2.27 bits per heavy atom. The van der Waals surface area contributed by atoms with E-state index in [1.165, 1.54) is 25.3 Å². The summed E-state index contributed by atoms with van der Waals surface area (Å²) in [4.78, 5) is 49.7. The van der Waals surface area contributed by atoms with Crippen molar-refractivity contribution >= 4 is 35.3 Å². The molecule has 1 heterocycles. The van der Waals surface area contributed by atoms with Crippen molar-refractivity contribution in [2.45, 2.75) is 20.0 Å². The maximum Gasteiger partial charge on any atom is 0.335 e. The molecule has 1 saturated heterocycles. The minimum absolute atomic E-state index is 0.0409. The Labute approximate surface area is 212 Å². The van der Waals surface area contributed by atoms with Gasteiger partial charge in [-0.3, -0.25) is 25.0 Å². The van der Waals surface area contributed by atoms with Gasteiger partial charge in [-0.2, -0.15) is 0 Å². The zero-order valence-electron chi connectivity index (χ0n) is 20.1. The third kappa shape index (κ3) is 5.48. The fraction of sp³-hybridized carbons (Fsp3) is 0.148. The molecule has 0 unspecified atom stereocenters. The second-order valence-corrected chi connectivity index (χ2v) is 8.09. The van der Waals surface area contributed by atoms with Crippen LogP contribution in [-0.4, -0.2) is 29.9 Å². The van der Waals surface area contributed by atoms with Crippen molar-refractivity contribution in [2.75, 3.05) is 12.0 Å². The number of carbonyl (C=O) groups excluding carboxylic acids is 3. The van der Waals surface area contributed by atoms with Gasteiger partial charge in [-0.15, -0.1) is 0 Å². The Bertz CT molecular complexity index is 1400. The molecule has 0 radical (unpaired) electrons. The molecule has 4 rings (SSSR count). The van der Waals surface area contributed by atoms with Crippen LogP contribution < -0.4 is 19.7 Å². The van der Waals surface area contributed by atoms with Gasteiger partial charge in [0.05, 0.1) is 17.7 Å². The van der Waals surface area contributed by atoms with Gasteiger partial charge in [0, 0.05) is 23.8 Å². The molecule has 0 atom stereocenters. The van der Waals surface area contributed by atoms with Gasteiger partial charge in [0.15, 0.2) is 0 Å². The number of non-ortho nitro benzene ring substituents is 1. The van der Waals surface area contributed by atoms with Crippen LogP contribution >= 0.6 is 0 Å². The highest BCUT2D eigenvalue weighted by molar-refractivity contribution is 6.39. The van der Waals surface area contributed by atoms with E-state index in [1.54, 1.807) is 42.5 Å². The van der Waals surface area contributed by atoms with Crippen LogP contribution in [0.25, 0.3) is 6.08 Å². The van der Waals surface area contributed by atoms with Crippen molar-refractivity contribution in [1.29, 1.82) is 0 Å². The molecule has 3 aromatic carbocycles. The second kappa shape index (κ2) is 10.7. The maximum atomic E-state index is 13.3. The van der Waals surface area contributed by atoms with E-state index in [2.05, 4.69) is 5.32 Å². The highest BCUT2D eigenvalue weighted by atomic mass is 16.6. The van der Waals surface area contributed by atoms with Crippen LogP contribution in [0.4, 0.5) is 16.2 Å². The minimum Gasteiger partial charge on any atom is -0.497 e. The summed E-state index contributed by atoms with van der Waals surface area (Å²) in [5, 5.41) is 13.1. The molecule has 0 aromatic heterocycles. The Morgan fingerprint density at radius 2 is 1.65 bits per heavy atom. The van der Waals surface area contributed by atoms with Crippen molar-refractivity contribution in [2.24, 2.45) is 0 Å². The van der Waals surface area contributed by atoms with Gasteiger partial charge >= 0.3 is 6.03 Å². The predicted octanol–water partition coefficient (Wildman–Crippen LogP) is 4.41. The summed E-state index contributed by atoms with van der Waals surface area (Å²) < 4.78 is 11.2. The molecule has 188 valence electrons. The number of rotatable bonds is 8. The molecule has 1 fully saturated rings. The fourth-order valence-electron chi connectivity index (χ4n) is 3.69. The molecule has 0 spiro atoms. The van der Waals surface area contributed by atoms with Gasteiger partial charge in [0.2, 0.25) is 0 Å². The highest BCUT2D eigenvalue weighted by Crippen LogP contribution is 2.30. The third-order valence-corrected chi connectivity index (χ3v) is 5.77. The van der Waals surface area contributed by atoms with Crippen LogP contribution in [0.1, 0.15) is 23.6 Å². The first-order valence-electron chi connectivity index (χ1n) is 11.3. The molecule has 37 heavy (non-hydrogen) atoms. The topological polar surface area (TPSA) is 128 Å². The van der Waals surface area contributed by atoms with E-state index in [1.807, 2.05) is 19.1 Å². The molecule has 0 saturated carbocycles. The lowest BCUT2D eigenvalue weighted by Crippen LogP contribution is -2.54. The lowest BCUT2D eigenvalue weighted by atomic mass is 10.1. The van der Waals surface area contributed by atoms with E-state index in [4.69, 9.17) is 9.47 Å². The molecule has 4 amide bonds. The van der Waals surface area contributed by atoms with Gasteiger partial charge in [-0.25, -0.2) is 9.69 Å². The lowest BCUT2D eigenvalue weighted by molar-refractivity contribution is -0.384. The second-order valence-electron chi connectivity index (χ2n) is 8.09. The van der Waals surface area contributed by atoms with Crippen molar-refractivity contribution in [3.63, 3.8) is 0 Å². The zero-order chi connectivity index (χ0) is 26.5. The maximum absolute atomic E-state index is 13.3. The first-order valence-corrected chi connectivity index (χ1v) is 11.3. The Morgan fingerprint density at radius 1 is 0.973 bits per heavy atom. The number of amides is 4. The molecular weight excluding hydrogens is 478 g/mol. The molecule has 1 aliphatic heterocycles. The standard InChI is InChI=1S/C27H23N3O7/c1-3-17-4-9-20(10-5-17)29-26(32)23(25(31)28-27(29)33)14-19-8-13-22(36-2)15-24(19)37-16-18-6-11-21(12-7-18)30(34)35/h4-15H,3,16H2,1-2H3,(H,28,31,33)/b23-14+. The van der Waals surface area contributed by atoms with Crippen molar-refractivity contribution < 1.29 is 28.8 Å². The van der Waals surface area contributed by atoms with Crippen molar-refractivity contribution in [3.8, 4) is 11.5 Å². The summed E-state index contributed by atoms with van der Waals surface area (Å²) in [5.41, 5.74) is 2.16. The number of methoxy groups -OCH3 is 1. The quantitative estimate of drug-likeness (QED) is 0.210. The number of barbiturate groups is 1. The SMILES string of the molecule is CCc1ccc(N2C(=O)NC(=O)/C(=C\c3ccc(OC)cc3OCc3ccc([N+](=O)[O-])cc3)C2=O)cc1. The number of nitro benzene ring substituents is 1. The summed E-state index contributed by atoms with van der Waals surface area (Å²) >= 11 is 0. The van der Waals surface area contributed by atoms with E-state index in [-0.39, 0.29) is 17.9 Å². The number of ether oxygens (including phenoxy) is 2. The Kier molecular flexibility index (Phi) is 7.28. The number of hydrogen-bond donors (Lipinski definition) is 1. The number of nitrogens with zero attached hydrogens (tertiary/aromatic N) is 2.